The van der Waals surface area contributed by atoms with Crippen LogP contribution >= 0.6 is 12.2 Å². The first-order chi connectivity index (χ1) is 8.09. The Hall–Kier alpha value is -2.15. The molecule has 7 heteroatoms. The van der Waals surface area contributed by atoms with Crippen LogP contribution in [0.25, 0.3) is 0 Å². The summed E-state index contributed by atoms with van der Waals surface area (Å²) >= 11 is 4.57. The van der Waals surface area contributed by atoms with E-state index < -0.39 is 12.6 Å². The van der Waals surface area contributed by atoms with Crippen LogP contribution < -0.4 is 15.9 Å². The number of ether oxygens (including phenoxy) is 1. The van der Waals surface area contributed by atoms with Gasteiger partial charge in [0, 0.05) is 5.56 Å². The number of benzene rings is 1. The first-order valence-corrected chi connectivity index (χ1v) is 5.02. The average molecular weight is 253 g/mol. The van der Waals surface area contributed by atoms with E-state index in [1.165, 1.54) is 6.21 Å². The highest BCUT2D eigenvalue weighted by atomic mass is 32.1. The first-order valence-electron chi connectivity index (χ1n) is 4.61. The smallest absolute Gasteiger partial charge is 0.341 e. The molecule has 0 aromatic heterocycles. The van der Waals surface area contributed by atoms with Gasteiger partial charge in [0.1, 0.15) is 5.75 Å². The number of aliphatic carboxylic acids is 1. The number of nitrogens with one attached hydrogen (secondary N) is 1. The van der Waals surface area contributed by atoms with Crippen LogP contribution in [0.5, 0.6) is 5.75 Å². The van der Waals surface area contributed by atoms with E-state index in [0.29, 0.717) is 11.3 Å². The Morgan fingerprint density at radius 1 is 1.59 bits per heavy atom. The van der Waals surface area contributed by atoms with Crippen LogP contribution in [0.3, 0.4) is 0 Å². The van der Waals surface area contributed by atoms with Gasteiger partial charge in [-0.3, -0.25) is 5.43 Å². The van der Waals surface area contributed by atoms with Gasteiger partial charge in [-0.2, -0.15) is 5.10 Å². The summed E-state index contributed by atoms with van der Waals surface area (Å²) in [5.74, 6) is -0.624. The molecule has 0 saturated carbocycles. The Kier molecular flexibility index (Phi) is 4.89. The maximum atomic E-state index is 10.4. The Labute approximate surface area is 103 Å². The van der Waals surface area contributed by atoms with E-state index >= 15 is 0 Å². The van der Waals surface area contributed by atoms with E-state index in [1.54, 1.807) is 24.3 Å². The van der Waals surface area contributed by atoms with Gasteiger partial charge in [-0.1, -0.05) is 12.1 Å². The number of carboxylic acid groups (broad SMARTS) is 1. The molecule has 17 heavy (non-hydrogen) atoms. The fraction of sp³-hybridized carbons (Fsp3) is 0.100. The molecule has 0 bridgehead atoms. The largest absolute Gasteiger partial charge is 0.481 e. The summed E-state index contributed by atoms with van der Waals surface area (Å²) in [7, 11) is 0. The first kappa shape index (κ1) is 12.9. The molecule has 4 N–H and O–H groups in total. The van der Waals surface area contributed by atoms with E-state index in [1.807, 2.05) is 0 Å². The van der Waals surface area contributed by atoms with Crippen molar-refractivity contribution in [1.29, 1.82) is 0 Å². The maximum Gasteiger partial charge on any atom is 0.341 e. The molecular weight excluding hydrogens is 242 g/mol. The van der Waals surface area contributed by atoms with Crippen LogP contribution in [0.1, 0.15) is 5.56 Å². The van der Waals surface area contributed by atoms with E-state index in [2.05, 4.69) is 22.7 Å². The highest BCUT2D eigenvalue weighted by molar-refractivity contribution is 7.80. The summed E-state index contributed by atoms with van der Waals surface area (Å²) in [5.41, 5.74) is 8.21. The van der Waals surface area contributed by atoms with Gasteiger partial charge in [-0.05, 0) is 24.4 Å². The summed E-state index contributed by atoms with van der Waals surface area (Å²) in [6.07, 6.45) is 1.44. The van der Waals surface area contributed by atoms with Gasteiger partial charge in [0.25, 0.3) is 0 Å². The lowest BCUT2D eigenvalue weighted by molar-refractivity contribution is -0.139. The monoisotopic (exact) mass is 253 g/mol. The zero-order valence-electron chi connectivity index (χ0n) is 8.79. The van der Waals surface area contributed by atoms with E-state index in [-0.39, 0.29) is 5.11 Å². The number of hydrogen-bond donors (Lipinski definition) is 3. The standard InChI is InChI=1S/C10H11N3O3S/c11-10(17)13-12-5-7-3-1-2-4-8(7)16-6-9(14)15/h1-5H,6H2,(H,14,15)(H3,11,13,17)/b12-5-. The Bertz CT molecular complexity index is 448. The van der Waals surface area contributed by atoms with Crippen molar-refractivity contribution < 1.29 is 14.6 Å². The minimum absolute atomic E-state index is 0.0465. The van der Waals surface area contributed by atoms with Crippen molar-refractivity contribution >= 4 is 29.5 Å². The molecule has 0 amide bonds. The molecule has 0 spiro atoms. The molecule has 0 radical (unpaired) electrons. The van der Waals surface area contributed by atoms with Crippen LogP contribution in [0.2, 0.25) is 0 Å². The molecule has 1 aromatic rings. The number of hydrazone groups is 1. The van der Waals surface area contributed by atoms with Gasteiger partial charge in [0.15, 0.2) is 11.7 Å². The molecular formula is C10H11N3O3S. The average Bonchev–Trinajstić information content (AvgIpc) is 2.27. The molecule has 0 aliphatic carbocycles. The summed E-state index contributed by atoms with van der Waals surface area (Å²) in [4.78, 5) is 10.4. The summed E-state index contributed by atoms with van der Waals surface area (Å²) in [6, 6.07) is 6.87. The van der Waals surface area contributed by atoms with Gasteiger partial charge in [0.2, 0.25) is 0 Å². The predicted octanol–water partition coefficient (Wildman–Crippen LogP) is 0.317. The fourth-order valence-corrected chi connectivity index (χ4v) is 1.08. The number of nitrogens with two attached hydrogens (primary N) is 1. The summed E-state index contributed by atoms with van der Waals surface area (Å²) in [5, 5.41) is 12.3. The van der Waals surface area contributed by atoms with Crippen LogP contribution in [-0.4, -0.2) is 29.0 Å². The van der Waals surface area contributed by atoms with Crippen molar-refractivity contribution in [3.63, 3.8) is 0 Å². The Morgan fingerprint density at radius 3 is 2.94 bits per heavy atom. The minimum Gasteiger partial charge on any atom is -0.481 e. The van der Waals surface area contributed by atoms with E-state index in [4.69, 9.17) is 15.6 Å². The lowest BCUT2D eigenvalue weighted by atomic mass is 10.2. The number of thiocarbonyl (C=S) groups is 1. The zero-order valence-corrected chi connectivity index (χ0v) is 9.61. The molecule has 0 heterocycles. The van der Waals surface area contributed by atoms with Crippen molar-refractivity contribution in [3.05, 3.63) is 29.8 Å². The third-order valence-electron chi connectivity index (χ3n) is 1.65. The topological polar surface area (TPSA) is 96.9 Å². The maximum absolute atomic E-state index is 10.4. The quantitative estimate of drug-likeness (QED) is 0.397. The fourth-order valence-electron chi connectivity index (χ4n) is 1.02. The highest BCUT2D eigenvalue weighted by Gasteiger charge is 2.03. The van der Waals surface area contributed by atoms with E-state index in [9.17, 15) is 4.79 Å². The Balaban J connectivity index is 2.73. The highest BCUT2D eigenvalue weighted by Crippen LogP contribution is 2.15. The second-order valence-electron chi connectivity index (χ2n) is 2.95. The van der Waals surface area contributed by atoms with Gasteiger partial charge >= 0.3 is 5.97 Å². The second kappa shape index (κ2) is 6.44. The van der Waals surface area contributed by atoms with Crippen molar-refractivity contribution in [3.8, 4) is 5.75 Å². The lowest BCUT2D eigenvalue weighted by Gasteiger charge is -2.05. The number of carboxylic acids is 1. The summed E-state index contributed by atoms with van der Waals surface area (Å²) in [6.45, 7) is -0.409. The van der Waals surface area contributed by atoms with Gasteiger partial charge in [-0.25, -0.2) is 4.79 Å². The third kappa shape index (κ3) is 4.94. The lowest BCUT2D eigenvalue weighted by Crippen LogP contribution is -2.24. The molecule has 0 fully saturated rings. The molecule has 90 valence electrons. The number of carbonyl (C=O) groups is 1. The molecule has 0 aliphatic rings. The van der Waals surface area contributed by atoms with Gasteiger partial charge < -0.3 is 15.6 Å². The van der Waals surface area contributed by atoms with Crippen molar-refractivity contribution in [2.24, 2.45) is 10.8 Å². The number of hydrogen-bond acceptors (Lipinski definition) is 4. The predicted molar refractivity (Wildman–Crippen MR) is 67.1 cm³/mol. The molecule has 1 aromatic carbocycles. The second-order valence-corrected chi connectivity index (χ2v) is 3.39. The molecule has 0 saturated heterocycles. The minimum atomic E-state index is -1.04. The molecule has 6 nitrogen and oxygen atoms in total. The normalized spacial score (nSPS) is 10.1. The van der Waals surface area contributed by atoms with Crippen molar-refractivity contribution in [2.75, 3.05) is 6.61 Å². The number of para-hydroxylation sites is 1. The molecule has 0 unspecified atom stereocenters. The van der Waals surface area contributed by atoms with Gasteiger partial charge in [-0.15, -0.1) is 0 Å². The van der Waals surface area contributed by atoms with E-state index in [0.717, 1.165) is 0 Å². The van der Waals surface area contributed by atoms with Crippen LogP contribution in [0.4, 0.5) is 0 Å². The number of nitrogens with zero attached hydrogens (tertiary/aromatic N) is 1. The van der Waals surface area contributed by atoms with Crippen LogP contribution in [0.15, 0.2) is 29.4 Å². The zero-order chi connectivity index (χ0) is 12.7. The third-order valence-corrected chi connectivity index (χ3v) is 1.74. The molecule has 0 aliphatic heterocycles. The van der Waals surface area contributed by atoms with Crippen molar-refractivity contribution in [1.82, 2.24) is 5.43 Å². The molecule has 0 atom stereocenters. The van der Waals surface area contributed by atoms with Crippen molar-refractivity contribution in [2.45, 2.75) is 0 Å². The SMILES string of the molecule is NC(=S)N/N=C\c1ccccc1OCC(=O)O. The Morgan fingerprint density at radius 2 is 2.29 bits per heavy atom. The van der Waals surface area contributed by atoms with Crippen LogP contribution in [-0.2, 0) is 4.79 Å². The van der Waals surface area contributed by atoms with Crippen LogP contribution in [0, 0.1) is 0 Å². The number of rotatable bonds is 5. The summed E-state index contributed by atoms with van der Waals surface area (Å²) < 4.78 is 5.07. The van der Waals surface area contributed by atoms with Gasteiger partial charge in [0.05, 0.1) is 6.21 Å². The molecule has 1 rings (SSSR count).